The van der Waals surface area contributed by atoms with Gasteiger partial charge in [-0.1, -0.05) is 19.0 Å². The van der Waals surface area contributed by atoms with Crippen molar-refractivity contribution in [2.75, 3.05) is 26.2 Å². The predicted molar refractivity (Wildman–Crippen MR) is 94.5 cm³/mol. The third-order valence-corrected chi connectivity index (χ3v) is 4.77. The van der Waals surface area contributed by atoms with Gasteiger partial charge in [-0.05, 0) is 62.9 Å². The second kappa shape index (κ2) is 7.82. The molecule has 3 heterocycles. The van der Waals surface area contributed by atoms with Crippen LogP contribution < -0.4 is 10.5 Å². The van der Waals surface area contributed by atoms with Crippen LogP contribution in [0.15, 0.2) is 27.6 Å². The van der Waals surface area contributed by atoms with E-state index >= 15 is 0 Å². The maximum absolute atomic E-state index is 10.9. The Bertz CT molecular complexity index is 710. The van der Waals surface area contributed by atoms with Crippen molar-refractivity contribution in [2.24, 2.45) is 5.41 Å². The summed E-state index contributed by atoms with van der Waals surface area (Å²) >= 11 is 0. The fourth-order valence-electron chi connectivity index (χ4n) is 2.96. The Morgan fingerprint density at radius 3 is 2.72 bits per heavy atom. The number of hydrogen-bond acceptors (Lipinski definition) is 6. The van der Waals surface area contributed by atoms with Gasteiger partial charge in [-0.3, -0.25) is 9.51 Å². The summed E-state index contributed by atoms with van der Waals surface area (Å²) in [5, 5.41) is 3.60. The lowest BCUT2D eigenvalue weighted by molar-refractivity contribution is 0.129. The van der Waals surface area contributed by atoms with Crippen molar-refractivity contribution in [3.8, 4) is 17.3 Å². The van der Waals surface area contributed by atoms with E-state index in [1.807, 2.05) is 6.07 Å². The fraction of sp³-hybridized carbons (Fsp3) is 0.611. The number of H-pyrrole nitrogens is 1. The lowest BCUT2D eigenvalue weighted by atomic mass is 9.82. The third-order valence-electron chi connectivity index (χ3n) is 4.77. The topological polar surface area (TPSA) is 84.2 Å². The molecule has 0 amide bonds. The summed E-state index contributed by atoms with van der Waals surface area (Å²) in [4.78, 5) is 20.2. The van der Waals surface area contributed by atoms with Crippen LogP contribution in [-0.4, -0.2) is 46.3 Å². The minimum atomic E-state index is -0.589. The monoisotopic (exact) mass is 346 g/mol. The highest BCUT2D eigenvalue weighted by Crippen LogP contribution is 2.29. The molecule has 0 aromatic carbocycles. The van der Waals surface area contributed by atoms with E-state index in [1.54, 1.807) is 12.3 Å². The van der Waals surface area contributed by atoms with Gasteiger partial charge in [-0.2, -0.15) is 0 Å². The molecule has 0 unspecified atom stereocenters. The fourth-order valence-corrected chi connectivity index (χ4v) is 2.96. The zero-order valence-electron chi connectivity index (χ0n) is 15.0. The zero-order valence-corrected chi connectivity index (χ0v) is 15.0. The standard InChI is InChI=1S/C18H26N4O3/c1-18(2)7-10-22(11-8-18)9-3-4-12-24-14-5-6-15(19-13-14)16-20-17(23)25-21-16/h5-6,13H,3-4,7-12H2,1-2H3,(H,20,21,23). The number of hydrogen-bond donors (Lipinski definition) is 1. The van der Waals surface area contributed by atoms with Crippen molar-refractivity contribution in [3.05, 3.63) is 28.9 Å². The van der Waals surface area contributed by atoms with E-state index in [0.717, 1.165) is 19.4 Å². The van der Waals surface area contributed by atoms with Crippen LogP contribution in [0.1, 0.15) is 39.5 Å². The van der Waals surface area contributed by atoms with Gasteiger partial charge in [0.15, 0.2) is 0 Å². The Labute approximate surface area is 147 Å². The minimum absolute atomic E-state index is 0.321. The number of unbranched alkanes of at least 4 members (excludes halogenated alkanes) is 1. The highest BCUT2D eigenvalue weighted by atomic mass is 16.5. The molecule has 0 radical (unpaired) electrons. The molecule has 3 rings (SSSR count). The highest BCUT2D eigenvalue weighted by molar-refractivity contribution is 5.48. The molecule has 25 heavy (non-hydrogen) atoms. The highest BCUT2D eigenvalue weighted by Gasteiger charge is 2.24. The summed E-state index contributed by atoms with van der Waals surface area (Å²) < 4.78 is 10.2. The van der Waals surface area contributed by atoms with Crippen molar-refractivity contribution < 1.29 is 9.26 Å². The Hall–Kier alpha value is -2.15. The molecule has 7 nitrogen and oxygen atoms in total. The number of aromatic nitrogens is 3. The maximum Gasteiger partial charge on any atom is 0.439 e. The lowest BCUT2D eigenvalue weighted by Gasteiger charge is -2.36. The second-order valence-electron chi connectivity index (χ2n) is 7.38. The molecule has 1 aliphatic rings. The molecule has 1 aliphatic heterocycles. The Kier molecular flexibility index (Phi) is 5.53. The van der Waals surface area contributed by atoms with Crippen molar-refractivity contribution in [1.29, 1.82) is 0 Å². The lowest BCUT2D eigenvalue weighted by Crippen LogP contribution is -2.37. The Balaban J connectivity index is 1.35. The van der Waals surface area contributed by atoms with Gasteiger partial charge < -0.3 is 9.64 Å². The number of nitrogens with one attached hydrogen (secondary N) is 1. The van der Waals surface area contributed by atoms with Gasteiger partial charge in [0.25, 0.3) is 0 Å². The van der Waals surface area contributed by atoms with Crippen molar-refractivity contribution in [2.45, 2.75) is 39.5 Å². The molecular weight excluding hydrogens is 320 g/mol. The van der Waals surface area contributed by atoms with E-state index in [4.69, 9.17) is 4.74 Å². The molecular formula is C18H26N4O3. The normalized spacial score (nSPS) is 17.5. The molecule has 2 aromatic rings. The SMILES string of the molecule is CC1(C)CCN(CCCCOc2ccc(-c3noc(=O)[nH]3)nc2)CC1. The number of rotatable bonds is 7. The second-order valence-corrected chi connectivity index (χ2v) is 7.38. The van der Waals surface area contributed by atoms with Crippen LogP contribution in [0.4, 0.5) is 0 Å². The first-order valence-electron chi connectivity index (χ1n) is 8.89. The molecule has 1 fully saturated rings. The van der Waals surface area contributed by atoms with Gasteiger partial charge >= 0.3 is 5.76 Å². The molecule has 0 saturated carbocycles. The molecule has 7 heteroatoms. The van der Waals surface area contributed by atoms with Crippen molar-refractivity contribution in [1.82, 2.24) is 20.0 Å². The van der Waals surface area contributed by atoms with Crippen molar-refractivity contribution in [3.63, 3.8) is 0 Å². The quantitative estimate of drug-likeness (QED) is 0.776. The molecule has 2 aromatic heterocycles. The van der Waals surface area contributed by atoms with Gasteiger partial charge in [0.1, 0.15) is 11.4 Å². The summed E-state index contributed by atoms with van der Waals surface area (Å²) in [7, 11) is 0. The smallest absolute Gasteiger partial charge is 0.439 e. The summed E-state index contributed by atoms with van der Waals surface area (Å²) in [6.07, 6.45) is 6.38. The first kappa shape index (κ1) is 17.7. The Morgan fingerprint density at radius 1 is 1.28 bits per heavy atom. The van der Waals surface area contributed by atoms with E-state index in [0.29, 0.717) is 29.3 Å². The van der Waals surface area contributed by atoms with Crippen LogP contribution in [0, 0.1) is 5.41 Å². The van der Waals surface area contributed by atoms with Crippen LogP contribution >= 0.6 is 0 Å². The third kappa shape index (κ3) is 5.16. The van der Waals surface area contributed by atoms with Crippen LogP contribution in [-0.2, 0) is 0 Å². The van der Waals surface area contributed by atoms with Crippen molar-refractivity contribution >= 4 is 0 Å². The van der Waals surface area contributed by atoms with Gasteiger partial charge in [0.2, 0.25) is 5.82 Å². The maximum atomic E-state index is 10.9. The molecule has 0 bridgehead atoms. The number of aromatic amines is 1. The largest absolute Gasteiger partial charge is 0.492 e. The van der Waals surface area contributed by atoms with Gasteiger partial charge in [-0.25, -0.2) is 9.78 Å². The summed E-state index contributed by atoms with van der Waals surface area (Å²) in [6, 6.07) is 3.57. The molecule has 1 saturated heterocycles. The minimum Gasteiger partial charge on any atom is -0.492 e. The van der Waals surface area contributed by atoms with Gasteiger partial charge in [0, 0.05) is 0 Å². The number of pyridine rings is 1. The van der Waals surface area contributed by atoms with Crippen LogP contribution in [0.2, 0.25) is 0 Å². The van der Waals surface area contributed by atoms with E-state index in [-0.39, 0.29) is 0 Å². The Morgan fingerprint density at radius 2 is 2.08 bits per heavy atom. The molecule has 1 N–H and O–H groups in total. The van der Waals surface area contributed by atoms with Crippen LogP contribution in [0.3, 0.4) is 0 Å². The first-order valence-corrected chi connectivity index (χ1v) is 8.89. The number of nitrogens with zero attached hydrogens (tertiary/aromatic N) is 3. The van der Waals surface area contributed by atoms with Gasteiger partial charge in [-0.15, -0.1) is 0 Å². The van der Waals surface area contributed by atoms with E-state index in [9.17, 15) is 4.79 Å². The van der Waals surface area contributed by atoms with E-state index in [1.165, 1.54) is 25.9 Å². The van der Waals surface area contributed by atoms with E-state index in [2.05, 4.69) is 38.4 Å². The summed E-state index contributed by atoms with van der Waals surface area (Å²) in [6.45, 7) is 8.97. The molecule has 0 atom stereocenters. The van der Waals surface area contributed by atoms with Crippen LogP contribution in [0.5, 0.6) is 5.75 Å². The predicted octanol–water partition coefficient (Wildman–Crippen LogP) is 2.71. The van der Waals surface area contributed by atoms with E-state index < -0.39 is 5.76 Å². The average Bonchev–Trinajstić information content (AvgIpc) is 3.03. The number of piperidine rings is 1. The molecule has 0 aliphatic carbocycles. The first-order chi connectivity index (χ1) is 12.0. The van der Waals surface area contributed by atoms with Gasteiger partial charge in [0.05, 0.1) is 12.8 Å². The van der Waals surface area contributed by atoms with Crippen LogP contribution in [0.25, 0.3) is 11.5 Å². The zero-order chi connectivity index (χ0) is 17.7. The molecule has 136 valence electrons. The summed E-state index contributed by atoms with van der Waals surface area (Å²) in [5.74, 6) is 0.449. The number of likely N-dealkylation sites (tertiary alicyclic amines) is 1. The molecule has 0 spiro atoms. The number of ether oxygens (including phenoxy) is 1. The average molecular weight is 346 g/mol. The summed E-state index contributed by atoms with van der Waals surface area (Å²) in [5.41, 5.74) is 1.06.